The smallest absolute Gasteiger partial charge is 0.340 e. The maximum Gasteiger partial charge on any atom is 0.340 e. The van der Waals surface area contributed by atoms with Gasteiger partial charge in [-0.2, -0.15) is 0 Å². The molecule has 0 bridgehead atoms. The fourth-order valence-electron chi connectivity index (χ4n) is 1.82. The van der Waals surface area contributed by atoms with Crippen molar-refractivity contribution in [2.24, 2.45) is 0 Å². The Kier molecular flexibility index (Phi) is 5.20. The second-order valence-corrected chi connectivity index (χ2v) is 5.52. The molecule has 0 fully saturated rings. The zero-order valence-electron chi connectivity index (χ0n) is 11.8. The van der Waals surface area contributed by atoms with E-state index < -0.39 is 35.3 Å². The third-order valence-electron chi connectivity index (χ3n) is 3.01. The molecule has 0 spiro atoms. The van der Waals surface area contributed by atoms with Crippen LogP contribution in [0.5, 0.6) is 0 Å². The van der Waals surface area contributed by atoms with Gasteiger partial charge in [-0.05, 0) is 59.3 Å². The molecule has 0 saturated heterocycles. The largest absolute Gasteiger partial charge is 0.451 e. The lowest BCUT2D eigenvalue weighted by molar-refractivity contribution is 0.0317. The van der Waals surface area contributed by atoms with Crippen LogP contribution in [-0.4, -0.2) is 17.9 Å². The third-order valence-corrected chi connectivity index (χ3v) is 3.70. The Hall–Kier alpha value is -2.15. The van der Waals surface area contributed by atoms with E-state index in [4.69, 9.17) is 4.74 Å². The SMILES string of the molecule is CC(OC(=O)c1cc(F)ccc1Br)C(=O)c1ccc(F)c(F)c1. The number of rotatable bonds is 4. The van der Waals surface area contributed by atoms with E-state index in [2.05, 4.69) is 15.9 Å². The molecule has 0 aromatic heterocycles. The van der Waals surface area contributed by atoms with Crippen molar-refractivity contribution in [2.45, 2.75) is 13.0 Å². The van der Waals surface area contributed by atoms with Gasteiger partial charge in [-0.1, -0.05) is 0 Å². The molecule has 2 aromatic rings. The van der Waals surface area contributed by atoms with E-state index in [1.54, 1.807) is 0 Å². The van der Waals surface area contributed by atoms with Crippen LogP contribution in [0.4, 0.5) is 13.2 Å². The predicted molar refractivity (Wildman–Crippen MR) is 79.7 cm³/mol. The number of ketones is 1. The van der Waals surface area contributed by atoms with Gasteiger partial charge < -0.3 is 4.74 Å². The second kappa shape index (κ2) is 6.95. The van der Waals surface area contributed by atoms with Crippen LogP contribution >= 0.6 is 15.9 Å². The molecular formula is C16H10BrF3O3. The van der Waals surface area contributed by atoms with Gasteiger partial charge >= 0.3 is 5.97 Å². The Balaban J connectivity index is 2.15. The lowest BCUT2D eigenvalue weighted by Crippen LogP contribution is -2.25. The molecule has 0 aliphatic heterocycles. The second-order valence-electron chi connectivity index (χ2n) is 4.66. The standard InChI is InChI=1S/C16H10BrF3O3/c1-8(15(21)9-2-5-13(19)14(20)6-9)23-16(22)11-7-10(18)3-4-12(11)17/h2-8H,1H3. The van der Waals surface area contributed by atoms with E-state index in [-0.39, 0.29) is 11.1 Å². The minimum Gasteiger partial charge on any atom is -0.451 e. The first-order valence-electron chi connectivity index (χ1n) is 6.45. The van der Waals surface area contributed by atoms with Crippen LogP contribution in [0.1, 0.15) is 27.6 Å². The summed E-state index contributed by atoms with van der Waals surface area (Å²) in [6.45, 7) is 1.29. The Morgan fingerprint density at radius 2 is 1.74 bits per heavy atom. The van der Waals surface area contributed by atoms with Crippen LogP contribution in [0.25, 0.3) is 0 Å². The minimum absolute atomic E-state index is 0.0880. The molecule has 0 amide bonds. The number of carbonyl (C=O) groups is 2. The summed E-state index contributed by atoms with van der Waals surface area (Å²) in [6, 6.07) is 6.05. The van der Waals surface area contributed by atoms with Gasteiger partial charge in [-0.25, -0.2) is 18.0 Å². The summed E-state index contributed by atoms with van der Waals surface area (Å²) in [4.78, 5) is 24.1. The summed E-state index contributed by atoms with van der Waals surface area (Å²) in [5.41, 5.74) is -0.225. The fourth-order valence-corrected chi connectivity index (χ4v) is 2.22. The van der Waals surface area contributed by atoms with Crippen LogP contribution in [-0.2, 0) is 4.74 Å². The number of carbonyl (C=O) groups excluding carboxylic acids is 2. The molecule has 1 unspecified atom stereocenters. The molecule has 1 atom stereocenters. The molecule has 0 N–H and O–H groups in total. The van der Waals surface area contributed by atoms with E-state index in [0.29, 0.717) is 4.47 Å². The maximum atomic E-state index is 13.2. The molecule has 0 aliphatic carbocycles. The van der Waals surface area contributed by atoms with E-state index in [1.807, 2.05) is 0 Å². The number of Topliss-reactive ketones (excluding diaryl/α,β-unsaturated/α-hetero) is 1. The zero-order valence-corrected chi connectivity index (χ0v) is 13.4. The minimum atomic E-state index is -1.25. The molecule has 3 nitrogen and oxygen atoms in total. The number of ether oxygens (including phenoxy) is 1. The van der Waals surface area contributed by atoms with Crippen LogP contribution in [0.2, 0.25) is 0 Å². The van der Waals surface area contributed by atoms with Crippen molar-refractivity contribution in [1.29, 1.82) is 0 Å². The van der Waals surface area contributed by atoms with Crippen molar-refractivity contribution >= 4 is 27.7 Å². The van der Waals surface area contributed by atoms with Gasteiger partial charge in [-0.3, -0.25) is 4.79 Å². The van der Waals surface area contributed by atoms with E-state index >= 15 is 0 Å². The molecule has 2 rings (SSSR count). The van der Waals surface area contributed by atoms with Gasteiger partial charge in [0.1, 0.15) is 5.82 Å². The molecule has 7 heteroatoms. The molecule has 23 heavy (non-hydrogen) atoms. The fraction of sp³-hybridized carbons (Fsp3) is 0.125. The van der Waals surface area contributed by atoms with Crippen LogP contribution in [0.3, 0.4) is 0 Å². The van der Waals surface area contributed by atoms with Gasteiger partial charge in [0.15, 0.2) is 17.7 Å². The quantitative estimate of drug-likeness (QED) is 0.581. The third kappa shape index (κ3) is 3.98. The summed E-state index contributed by atoms with van der Waals surface area (Å²) in [7, 11) is 0. The number of hydrogen-bond donors (Lipinski definition) is 0. The monoisotopic (exact) mass is 386 g/mol. The molecule has 0 heterocycles. The lowest BCUT2D eigenvalue weighted by Gasteiger charge is -2.13. The highest BCUT2D eigenvalue weighted by Gasteiger charge is 2.22. The van der Waals surface area contributed by atoms with Crippen LogP contribution < -0.4 is 0 Å². The lowest BCUT2D eigenvalue weighted by atomic mass is 10.1. The van der Waals surface area contributed by atoms with Crippen molar-refractivity contribution in [1.82, 2.24) is 0 Å². The van der Waals surface area contributed by atoms with Crippen molar-refractivity contribution < 1.29 is 27.5 Å². The number of halogens is 4. The molecule has 0 saturated carbocycles. The summed E-state index contributed by atoms with van der Waals surface area (Å²) >= 11 is 3.08. The Morgan fingerprint density at radius 1 is 1.04 bits per heavy atom. The highest BCUT2D eigenvalue weighted by atomic mass is 79.9. The first kappa shape index (κ1) is 17.2. The highest BCUT2D eigenvalue weighted by Crippen LogP contribution is 2.20. The first-order valence-corrected chi connectivity index (χ1v) is 7.24. The van der Waals surface area contributed by atoms with Gasteiger partial charge in [0, 0.05) is 10.0 Å². The van der Waals surface area contributed by atoms with Gasteiger partial charge in [0.05, 0.1) is 5.56 Å². The number of hydrogen-bond acceptors (Lipinski definition) is 3. The van der Waals surface area contributed by atoms with E-state index in [9.17, 15) is 22.8 Å². The van der Waals surface area contributed by atoms with Crippen LogP contribution in [0, 0.1) is 17.5 Å². The molecule has 0 radical (unpaired) electrons. The van der Waals surface area contributed by atoms with E-state index in [0.717, 1.165) is 30.3 Å². The van der Waals surface area contributed by atoms with Crippen LogP contribution in [0.15, 0.2) is 40.9 Å². The number of esters is 1. The highest BCUT2D eigenvalue weighted by molar-refractivity contribution is 9.10. The zero-order chi connectivity index (χ0) is 17.1. The van der Waals surface area contributed by atoms with Gasteiger partial charge in [0.25, 0.3) is 0 Å². The Morgan fingerprint density at radius 3 is 2.39 bits per heavy atom. The van der Waals surface area contributed by atoms with Gasteiger partial charge in [-0.15, -0.1) is 0 Å². The van der Waals surface area contributed by atoms with Crippen molar-refractivity contribution in [2.75, 3.05) is 0 Å². The summed E-state index contributed by atoms with van der Waals surface area (Å²) in [6.07, 6.45) is -1.25. The van der Waals surface area contributed by atoms with E-state index in [1.165, 1.54) is 13.0 Å². The normalized spacial score (nSPS) is 11.9. The average molecular weight is 387 g/mol. The molecular weight excluding hydrogens is 377 g/mol. The maximum absolute atomic E-state index is 13.2. The predicted octanol–water partition coefficient (Wildman–Crippen LogP) is 4.29. The first-order chi connectivity index (χ1) is 10.8. The average Bonchev–Trinajstić information content (AvgIpc) is 2.51. The molecule has 2 aromatic carbocycles. The summed E-state index contributed by atoms with van der Waals surface area (Å²) in [5, 5.41) is 0. The van der Waals surface area contributed by atoms with Gasteiger partial charge in [0.2, 0.25) is 5.78 Å². The van der Waals surface area contributed by atoms with Crippen molar-refractivity contribution in [3.63, 3.8) is 0 Å². The Bertz CT molecular complexity index is 777. The van der Waals surface area contributed by atoms with Crippen molar-refractivity contribution in [3.05, 3.63) is 69.4 Å². The number of benzene rings is 2. The molecule has 120 valence electrons. The Labute approximate surface area is 138 Å². The topological polar surface area (TPSA) is 43.4 Å². The summed E-state index contributed by atoms with van der Waals surface area (Å²) < 4.78 is 44.4. The summed E-state index contributed by atoms with van der Waals surface area (Å²) in [5.74, 6) is -4.53. The van der Waals surface area contributed by atoms with Crippen molar-refractivity contribution in [3.8, 4) is 0 Å². The molecule has 0 aliphatic rings.